The molecule has 0 aliphatic carbocycles. The third-order valence-corrected chi connectivity index (χ3v) is 4.87. The lowest BCUT2D eigenvalue weighted by Crippen LogP contribution is -2.47. The van der Waals surface area contributed by atoms with Gasteiger partial charge in [-0.05, 0) is 43.4 Å². The molecular weight excluding hydrogens is 458 g/mol. The molecule has 1 amide bonds. The highest BCUT2D eigenvalue weighted by Gasteiger charge is 2.25. The highest BCUT2D eigenvalue weighted by atomic mass is 127. The molecule has 1 aliphatic rings. The van der Waals surface area contributed by atoms with Gasteiger partial charge in [0.05, 0.1) is 6.54 Å². The van der Waals surface area contributed by atoms with Crippen LogP contribution in [0.2, 0.25) is 0 Å². The minimum absolute atomic E-state index is 0. The standard InChI is InChI=1S/C20H31FN4O.HI/c1-4-23-19(25-10-6-7-15(13-25)11-18(22)26)24-14-20(2,3)16-8-5-9-17(21)12-16;/h5,8-9,12,15H,4,6-7,10-11,13-14H2,1-3H3,(H2,22,26)(H,23,24);1H. The van der Waals surface area contributed by atoms with Crippen molar-refractivity contribution in [2.45, 2.75) is 45.4 Å². The summed E-state index contributed by atoms with van der Waals surface area (Å²) in [5, 5.41) is 3.35. The Labute approximate surface area is 179 Å². The van der Waals surface area contributed by atoms with E-state index in [1.165, 1.54) is 6.07 Å². The molecule has 1 heterocycles. The molecule has 0 bridgehead atoms. The van der Waals surface area contributed by atoms with Crippen LogP contribution in [0.5, 0.6) is 0 Å². The number of halogens is 2. The molecule has 27 heavy (non-hydrogen) atoms. The minimum Gasteiger partial charge on any atom is -0.370 e. The van der Waals surface area contributed by atoms with Crippen molar-refractivity contribution in [3.63, 3.8) is 0 Å². The largest absolute Gasteiger partial charge is 0.370 e. The zero-order chi connectivity index (χ0) is 19.2. The molecule has 0 radical (unpaired) electrons. The SMILES string of the molecule is CCNC(=NCC(C)(C)c1cccc(F)c1)N1CCCC(CC(N)=O)C1.I. The van der Waals surface area contributed by atoms with Crippen LogP contribution in [-0.2, 0) is 10.2 Å². The lowest BCUT2D eigenvalue weighted by atomic mass is 9.85. The molecule has 1 aromatic rings. The van der Waals surface area contributed by atoms with Crippen molar-refractivity contribution in [2.24, 2.45) is 16.6 Å². The van der Waals surface area contributed by atoms with E-state index in [0.717, 1.165) is 44.0 Å². The number of hydrogen-bond acceptors (Lipinski definition) is 2. The molecule has 2 rings (SSSR count). The normalized spacial score (nSPS) is 18.0. The van der Waals surface area contributed by atoms with Crippen LogP contribution in [0.1, 0.15) is 45.6 Å². The van der Waals surface area contributed by atoms with E-state index in [1.807, 2.05) is 13.0 Å². The fourth-order valence-electron chi connectivity index (χ4n) is 3.41. The second-order valence-electron chi connectivity index (χ2n) is 7.69. The van der Waals surface area contributed by atoms with Gasteiger partial charge >= 0.3 is 0 Å². The summed E-state index contributed by atoms with van der Waals surface area (Å²) >= 11 is 0. The molecule has 0 spiro atoms. The second-order valence-corrected chi connectivity index (χ2v) is 7.69. The lowest BCUT2D eigenvalue weighted by Gasteiger charge is -2.35. The zero-order valence-electron chi connectivity index (χ0n) is 16.5. The van der Waals surface area contributed by atoms with Crippen molar-refractivity contribution in [1.82, 2.24) is 10.2 Å². The predicted molar refractivity (Wildman–Crippen MR) is 119 cm³/mol. The molecular formula is C20H32FIN4O. The Balaban J connectivity index is 0.00000364. The number of carbonyl (C=O) groups excluding carboxylic acids is 1. The van der Waals surface area contributed by atoms with Crippen molar-refractivity contribution in [2.75, 3.05) is 26.2 Å². The van der Waals surface area contributed by atoms with Gasteiger partial charge < -0.3 is 16.0 Å². The number of nitrogens with two attached hydrogens (primary N) is 1. The molecule has 152 valence electrons. The number of rotatable bonds is 6. The predicted octanol–water partition coefficient (Wildman–Crippen LogP) is 3.27. The van der Waals surface area contributed by atoms with E-state index >= 15 is 0 Å². The Morgan fingerprint density at radius 2 is 2.19 bits per heavy atom. The van der Waals surface area contributed by atoms with E-state index in [-0.39, 0.29) is 47.0 Å². The molecule has 0 saturated carbocycles. The van der Waals surface area contributed by atoms with Crippen molar-refractivity contribution in [3.05, 3.63) is 35.6 Å². The zero-order valence-corrected chi connectivity index (χ0v) is 18.8. The van der Waals surface area contributed by atoms with Gasteiger partial charge in [0.2, 0.25) is 5.91 Å². The molecule has 0 aromatic heterocycles. The third-order valence-electron chi connectivity index (χ3n) is 4.87. The first-order chi connectivity index (χ1) is 12.3. The number of hydrogen-bond donors (Lipinski definition) is 2. The summed E-state index contributed by atoms with van der Waals surface area (Å²) in [6, 6.07) is 6.71. The number of primary amides is 1. The van der Waals surface area contributed by atoms with E-state index in [0.29, 0.717) is 13.0 Å². The molecule has 5 nitrogen and oxygen atoms in total. The van der Waals surface area contributed by atoms with Gasteiger partial charge in [-0.15, -0.1) is 24.0 Å². The van der Waals surface area contributed by atoms with Crippen LogP contribution in [0.15, 0.2) is 29.3 Å². The van der Waals surface area contributed by atoms with E-state index in [9.17, 15) is 9.18 Å². The number of piperidine rings is 1. The Morgan fingerprint density at radius 1 is 1.44 bits per heavy atom. The maximum absolute atomic E-state index is 13.6. The van der Waals surface area contributed by atoms with Crippen molar-refractivity contribution < 1.29 is 9.18 Å². The molecule has 1 aliphatic heterocycles. The quantitative estimate of drug-likeness (QED) is 0.366. The Hall–Kier alpha value is -1.38. The average Bonchev–Trinajstić information content (AvgIpc) is 2.58. The van der Waals surface area contributed by atoms with Crippen molar-refractivity contribution in [3.8, 4) is 0 Å². The van der Waals surface area contributed by atoms with Crippen LogP contribution >= 0.6 is 24.0 Å². The molecule has 7 heteroatoms. The van der Waals surface area contributed by atoms with Gasteiger partial charge in [0.15, 0.2) is 5.96 Å². The highest BCUT2D eigenvalue weighted by molar-refractivity contribution is 14.0. The van der Waals surface area contributed by atoms with Gasteiger partial charge in [-0.1, -0.05) is 26.0 Å². The molecule has 3 N–H and O–H groups in total. The molecule has 1 atom stereocenters. The fourth-order valence-corrected chi connectivity index (χ4v) is 3.41. The van der Waals surface area contributed by atoms with Crippen LogP contribution in [0.4, 0.5) is 4.39 Å². The van der Waals surface area contributed by atoms with Gasteiger partial charge in [0, 0.05) is 31.5 Å². The van der Waals surface area contributed by atoms with Gasteiger partial charge in [-0.25, -0.2) is 4.39 Å². The minimum atomic E-state index is -0.273. The van der Waals surface area contributed by atoms with Gasteiger partial charge in [-0.2, -0.15) is 0 Å². The second kappa shape index (κ2) is 10.8. The summed E-state index contributed by atoms with van der Waals surface area (Å²) in [6.45, 7) is 9.21. The maximum atomic E-state index is 13.6. The maximum Gasteiger partial charge on any atom is 0.217 e. The number of amides is 1. The number of nitrogens with zero attached hydrogens (tertiary/aromatic N) is 2. The summed E-state index contributed by atoms with van der Waals surface area (Å²) in [5.41, 5.74) is 6.02. The van der Waals surface area contributed by atoms with Gasteiger partial charge in [0.1, 0.15) is 5.82 Å². The Bertz CT molecular complexity index is 651. The first kappa shape index (κ1) is 23.7. The van der Waals surface area contributed by atoms with E-state index in [2.05, 4.69) is 24.1 Å². The first-order valence-electron chi connectivity index (χ1n) is 9.39. The average molecular weight is 490 g/mol. The highest BCUT2D eigenvalue weighted by Crippen LogP contribution is 2.25. The Morgan fingerprint density at radius 3 is 2.81 bits per heavy atom. The number of aliphatic imine (C=N–C) groups is 1. The van der Waals surface area contributed by atoms with Crippen LogP contribution in [0.3, 0.4) is 0 Å². The first-order valence-corrected chi connectivity index (χ1v) is 9.39. The van der Waals surface area contributed by atoms with Crippen LogP contribution in [0.25, 0.3) is 0 Å². The summed E-state index contributed by atoms with van der Waals surface area (Å²) in [7, 11) is 0. The summed E-state index contributed by atoms with van der Waals surface area (Å²) in [5.74, 6) is 0.662. The van der Waals surface area contributed by atoms with Gasteiger partial charge in [-0.3, -0.25) is 9.79 Å². The number of guanidine groups is 1. The molecule has 1 saturated heterocycles. The number of nitrogens with one attached hydrogen (secondary N) is 1. The summed E-state index contributed by atoms with van der Waals surface area (Å²) < 4.78 is 13.6. The number of likely N-dealkylation sites (tertiary alicyclic amines) is 1. The third kappa shape index (κ3) is 7.27. The Kier molecular flexibility index (Phi) is 9.49. The monoisotopic (exact) mass is 490 g/mol. The van der Waals surface area contributed by atoms with E-state index in [4.69, 9.17) is 10.7 Å². The van der Waals surface area contributed by atoms with Crippen LogP contribution in [-0.4, -0.2) is 42.9 Å². The topological polar surface area (TPSA) is 70.7 Å². The van der Waals surface area contributed by atoms with Crippen LogP contribution < -0.4 is 11.1 Å². The van der Waals surface area contributed by atoms with Gasteiger partial charge in [0.25, 0.3) is 0 Å². The lowest BCUT2D eigenvalue weighted by molar-refractivity contribution is -0.119. The van der Waals surface area contributed by atoms with Crippen molar-refractivity contribution in [1.29, 1.82) is 0 Å². The van der Waals surface area contributed by atoms with E-state index in [1.54, 1.807) is 12.1 Å². The molecule has 1 fully saturated rings. The molecule has 1 aromatic carbocycles. The van der Waals surface area contributed by atoms with Crippen molar-refractivity contribution >= 4 is 35.8 Å². The molecule has 1 unspecified atom stereocenters. The smallest absolute Gasteiger partial charge is 0.217 e. The summed E-state index contributed by atoms with van der Waals surface area (Å²) in [6.07, 6.45) is 2.47. The number of benzene rings is 1. The van der Waals surface area contributed by atoms with E-state index < -0.39 is 0 Å². The fraction of sp³-hybridized carbons (Fsp3) is 0.600. The van der Waals surface area contributed by atoms with Crippen LogP contribution in [0, 0.1) is 11.7 Å². The number of carbonyl (C=O) groups is 1. The summed E-state index contributed by atoms with van der Waals surface area (Å²) in [4.78, 5) is 18.3.